The Kier molecular flexibility index (Phi) is 5.36. The fourth-order valence-electron chi connectivity index (χ4n) is 3.36. The number of fused-ring (bicyclic) bond motifs is 1. The lowest BCUT2D eigenvalue weighted by Gasteiger charge is -2.15. The summed E-state index contributed by atoms with van der Waals surface area (Å²) in [6, 6.07) is 21.5. The van der Waals surface area contributed by atoms with Crippen LogP contribution in [0.15, 0.2) is 72.9 Å². The third-order valence-electron chi connectivity index (χ3n) is 5.05. The summed E-state index contributed by atoms with van der Waals surface area (Å²) in [6.45, 7) is 4.63. The molecule has 0 aliphatic rings. The van der Waals surface area contributed by atoms with Crippen LogP contribution in [0, 0.1) is 6.92 Å². The molecule has 0 saturated carbocycles. The van der Waals surface area contributed by atoms with Crippen LogP contribution in [0.3, 0.4) is 0 Å². The Morgan fingerprint density at radius 3 is 2.66 bits per heavy atom. The van der Waals surface area contributed by atoms with Crippen molar-refractivity contribution in [3.05, 3.63) is 100 Å². The SMILES string of the molecule is Cc1ccc([C@@H](C)NC(=O)c2ccc3cnn(Cc4cccc(Cl)c4)c3c2)cc1. The number of benzene rings is 3. The van der Waals surface area contributed by atoms with Crippen molar-refractivity contribution in [2.24, 2.45) is 0 Å². The van der Waals surface area contributed by atoms with Gasteiger partial charge in [-0.3, -0.25) is 9.48 Å². The maximum atomic E-state index is 12.8. The van der Waals surface area contributed by atoms with Gasteiger partial charge >= 0.3 is 0 Å². The van der Waals surface area contributed by atoms with E-state index in [1.165, 1.54) is 5.56 Å². The average molecular weight is 404 g/mol. The molecule has 4 nitrogen and oxygen atoms in total. The molecule has 146 valence electrons. The molecule has 1 atom stereocenters. The van der Waals surface area contributed by atoms with Gasteiger partial charge in [0.25, 0.3) is 5.91 Å². The Balaban J connectivity index is 1.56. The zero-order chi connectivity index (χ0) is 20.4. The standard InChI is InChI=1S/C24H22ClN3O/c1-16-6-8-19(9-7-16)17(2)27-24(29)20-10-11-21-14-26-28(23(21)13-20)15-18-4-3-5-22(25)12-18/h3-14,17H,15H2,1-2H3,(H,27,29)/t17-/m1/s1. The van der Waals surface area contributed by atoms with Crippen LogP contribution in [-0.2, 0) is 6.54 Å². The molecule has 4 rings (SSSR count). The Morgan fingerprint density at radius 1 is 1.10 bits per heavy atom. The Hall–Kier alpha value is -3.11. The van der Waals surface area contributed by atoms with Crippen LogP contribution in [0.1, 0.15) is 40.0 Å². The number of hydrogen-bond donors (Lipinski definition) is 1. The normalized spacial score (nSPS) is 12.1. The second kappa shape index (κ2) is 8.10. The fourth-order valence-corrected chi connectivity index (χ4v) is 3.58. The molecule has 29 heavy (non-hydrogen) atoms. The van der Waals surface area contributed by atoms with Gasteiger partial charge in [0.2, 0.25) is 0 Å². The van der Waals surface area contributed by atoms with Gasteiger partial charge in [0.1, 0.15) is 0 Å². The number of carbonyl (C=O) groups excluding carboxylic acids is 1. The number of nitrogens with one attached hydrogen (secondary N) is 1. The highest BCUT2D eigenvalue weighted by Gasteiger charge is 2.13. The first-order chi connectivity index (χ1) is 14.0. The van der Waals surface area contributed by atoms with Crippen molar-refractivity contribution in [2.75, 3.05) is 0 Å². The largest absolute Gasteiger partial charge is 0.346 e. The van der Waals surface area contributed by atoms with Gasteiger partial charge in [-0.1, -0.05) is 59.6 Å². The van der Waals surface area contributed by atoms with Gasteiger partial charge < -0.3 is 5.32 Å². The number of carbonyl (C=O) groups is 1. The van der Waals surface area contributed by atoms with Gasteiger partial charge in [0.15, 0.2) is 0 Å². The maximum Gasteiger partial charge on any atom is 0.251 e. The molecule has 1 amide bonds. The van der Waals surface area contributed by atoms with Crippen molar-refractivity contribution in [3.8, 4) is 0 Å². The molecule has 0 bridgehead atoms. The Bertz CT molecular complexity index is 1160. The number of hydrogen-bond acceptors (Lipinski definition) is 2. The molecular formula is C24H22ClN3O. The van der Waals surface area contributed by atoms with E-state index in [0.29, 0.717) is 17.1 Å². The van der Waals surface area contributed by atoms with Gasteiger partial charge in [0.05, 0.1) is 24.3 Å². The van der Waals surface area contributed by atoms with Gasteiger partial charge in [-0.2, -0.15) is 5.10 Å². The van der Waals surface area contributed by atoms with Crippen LogP contribution in [0.25, 0.3) is 10.9 Å². The summed E-state index contributed by atoms with van der Waals surface area (Å²) in [4.78, 5) is 12.8. The van der Waals surface area contributed by atoms with E-state index < -0.39 is 0 Å². The van der Waals surface area contributed by atoms with Crippen molar-refractivity contribution in [1.29, 1.82) is 0 Å². The van der Waals surface area contributed by atoms with E-state index in [9.17, 15) is 4.79 Å². The minimum absolute atomic E-state index is 0.0739. The lowest BCUT2D eigenvalue weighted by molar-refractivity contribution is 0.0940. The summed E-state index contributed by atoms with van der Waals surface area (Å²) >= 11 is 6.09. The van der Waals surface area contributed by atoms with E-state index in [4.69, 9.17) is 11.6 Å². The summed E-state index contributed by atoms with van der Waals surface area (Å²) in [7, 11) is 0. The Labute approximate surface area is 175 Å². The smallest absolute Gasteiger partial charge is 0.251 e. The minimum Gasteiger partial charge on any atom is -0.346 e. The average Bonchev–Trinajstić information content (AvgIpc) is 3.10. The number of nitrogens with zero attached hydrogens (tertiary/aromatic N) is 2. The van der Waals surface area contributed by atoms with Crippen molar-refractivity contribution in [3.63, 3.8) is 0 Å². The second-order valence-electron chi connectivity index (χ2n) is 7.31. The highest BCUT2D eigenvalue weighted by atomic mass is 35.5. The van der Waals surface area contributed by atoms with Crippen molar-refractivity contribution in [2.45, 2.75) is 26.4 Å². The number of rotatable bonds is 5. The van der Waals surface area contributed by atoms with Crippen LogP contribution in [0.5, 0.6) is 0 Å². The van der Waals surface area contributed by atoms with Gasteiger partial charge in [-0.15, -0.1) is 0 Å². The van der Waals surface area contributed by atoms with E-state index in [1.54, 1.807) is 0 Å². The second-order valence-corrected chi connectivity index (χ2v) is 7.75. The van der Waals surface area contributed by atoms with Crippen LogP contribution < -0.4 is 5.32 Å². The van der Waals surface area contributed by atoms with Gasteiger partial charge in [0, 0.05) is 16.0 Å². The van der Waals surface area contributed by atoms with Gasteiger partial charge in [-0.25, -0.2) is 0 Å². The summed E-state index contributed by atoms with van der Waals surface area (Å²) in [6.07, 6.45) is 1.82. The first-order valence-corrected chi connectivity index (χ1v) is 9.95. The zero-order valence-corrected chi connectivity index (χ0v) is 17.1. The lowest BCUT2D eigenvalue weighted by atomic mass is 10.1. The molecule has 0 spiro atoms. The third-order valence-corrected chi connectivity index (χ3v) is 5.29. The van der Waals surface area contributed by atoms with Gasteiger partial charge in [-0.05, 0) is 49.2 Å². The first-order valence-electron chi connectivity index (χ1n) is 9.57. The first kappa shape index (κ1) is 19.2. The van der Waals surface area contributed by atoms with Crippen LogP contribution in [0.2, 0.25) is 5.02 Å². The zero-order valence-electron chi connectivity index (χ0n) is 16.4. The predicted octanol–water partition coefficient (Wildman–Crippen LogP) is 5.54. The number of halogens is 1. The molecule has 1 aromatic heterocycles. The van der Waals surface area contributed by atoms with Crippen molar-refractivity contribution < 1.29 is 4.79 Å². The molecule has 3 aromatic carbocycles. The molecule has 0 saturated heterocycles. The predicted molar refractivity (Wildman–Crippen MR) is 117 cm³/mol. The van der Waals surface area contributed by atoms with E-state index in [-0.39, 0.29) is 11.9 Å². The molecule has 0 aliphatic heterocycles. The van der Waals surface area contributed by atoms with Crippen LogP contribution in [-0.4, -0.2) is 15.7 Å². The molecule has 0 aliphatic carbocycles. The molecule has 0 fully saturated rings. The quantitative estimate of drug-likeness (QED) is 0.475. The topological polar surface area (TPSA) is 46.9 Å². The van der Waals surface area contributed by atoms with E-state index in [1.807, 2.05) is 72.4 Å². The summed E-state index contributed by atoms with van der Waals surface area (Å²) in [5.41, 5.74) is 4.87. The molecule has 1 heterocycles. The number of aryl methyl sites for hydroxylation is 1. The Morgan fingerprint density at radius 2 is 1.90 bits per heavy atom. The molecule has 0 unspecified atom stereocenters. The third kappa shape index (κ3) is 4.33. The monoisotopic (exact) mass is 403 g/mol. The summed E-state index contributed by atoms with van der Waals surface area (Å²) < 4.78 is 1.89. The number of aromatic nitrogens is 2. The molecular weight excluding hydrogens is 382 g/mol. The van der Waals surface area contributed by atoms with E-state index in [0.717, 1.165) is 22.0 Å². The molecule has 5 heteroatoms. The van der Waals surface area contributed by atoms with Crippen LogP contribution in [0.4, 0.5) is 0 Å². The highest BCUT2D eigenvalue weighted by Crippen LogP contribution is 2.20. The van der Waals surface area contributed by atoms with E-state index >= 15 is 0 Å². The lowest BCUT2D eigenvalue weighted by Crippen LogP contribution is -2.26. The molecule has 1 N–H and O–H groups in total. The summed E-state index contributed by atoms with van der Waals surface area (Å²) in [5, 5.41) is 9.25. The molecule has 0 radical (unpaired) electrons. The van der Waals surface area contributed by atoms with Crippen molar-refractivity contribution >= 4 is 28.4 Å². The maximum absolute atomic E-state index is 12.8. The summed E-state index contributed by atoms with van der Waals surface area (Å²) in [5.74, 6) is -0.101. The van der Waals surface area contributed by atoms with Crippen molar-refractivity contribution in [1.82, 2.24) is 15.1 Å². The number of amides is 1. The molecule has 4 aromatic rings. The highest BCUT2D eigenvalue weighted by molar-refractivity contribution is 6.30. The van der Waals surface area contributed by atoms with E-state index in [2.05, 4.69) is 29.5 Å². The minimum atomic E-state index is -0.101. The van der Waals surface area contributed by atoms with Crippen LogP contribution >= 0.6 is 11.6 Å². The fraction of sp³-hybridized carbons (Fsp3) is 0.167.